The molecule has 1 amide bonds. The smallest absolute Gasteiger partial charge is 0.246 e. The van der Waals surface area contributed by atoms with Gasteiger partial charge in [0.1, 0.15) is 24.3 Å². The van der Waals surface area contributed by atoms with Crippen LogP contribution in [0.25, 0.3) is 11.6 Å². The zero-order chi connectivity index (χ0) is 23.0. The quantitative estimate of drug-likeness (QED) is 0.618. The number of hydrogen-bond acceptors (Lipinski definition) is 4. The summed E-state index contributed by atoms with van der Waals surface area (Å²) in [6, 6.07) is 14.1. The van der Waals surface area contributed by atoms with E-state index in [1.165, 1.54) is 17.7 Å². The largest absolute Gasteiger partial charge is 0.490 e. The molecule has 1 fully saturated rings. The normalized spacial score (nSPS) is 17.9. The molecule has 1 saturated heterocycles. The number of carbonyl (C=O) groups excluding carboxylic acids is 1. The second-order valence-electron chi connectivity index (χ2n) is 8.61. The van der Waals surface area contributed by atoms with Crippen molar-refractivity contribution in [2.75, 3.05) is 39.3 Å². The molecule has 2 aliphatic heterocycles. The van der Waals surface area contributed by atoms with E-state index in [1.807, 2.05) is 41.3 Å². The van der Waals surface area contributed by atoms with E-state index in [2.05, 4.69) is 11.0 Å². The third-order valence-corrected chi connectivity index (χ3v) is 6.15. The fourth-order valence-corrected chi connectivity index (χ4v) is 4.29. The summed E-state index contributed by atoms with van der Waals surface area (Å²) >= 11 is 0. The summed E-state index contributed by atoms with van der Waals surface area (Å²) in [5.74, 6) is 0.454. The highest BCUT2D eigenvalue weighted by Crippen LogP contribution is 2.23. The second-order valence-corrected chi connectivity index (χ2v) is 8.61. The maximum absolute atomic E-state index is 13.1. The molecule has 1 N–H and O–H groups in total. The number of amides is 1. The van der Waals surface area contributed by atoms with E-state index in [9.17, 15) is 14.3 Å². The molecule has 33 heavy (non-hydrogen) atoms. The molecule has 5 nitrogen and oxygen atoms in total. The Labute approximate surface area is 194 Å². The first-order valence-corrected chi connectivity index (χ1v) is 11.6. The Morgan fingerprint density at radius 3 is 2.58 bits per heavy atom. The Morgan fingerprint density at radius 2 is 1.85 bits per heavy atom. The minimum absolute atomic E-state index is 0.0282. The zero-order valence-corrected chi connectivity index (χ0v) is 18.8. The van der Waals surface area contributed by atoms with E-state index in [-0.39, 0.29) is 18.3 Å². The van der Waals surface area contributed by atoms with E-state index < -0.39 is 6.10 Å². The summed E-state index contributed by atoms with van der Waals surface area (Å²) in [5.41, 5.74) is 3.08. The van der Waals surface area contributed by atoms with Crippen LogP contribution in [-0.4, -0.2) is 66.2 Å². The summed E-state index contributed by atoms with van der Waals surface area (Å²) in [6.07, 6.45) is 7.89. The summed E-state index contributed by atoms with van der Waals surface area (Å²) in [5, 5.41) is 10.5. The Bertz CT molecular complexity index is 997. The molecule has 0 aliphatic carbocycles. The molecule has 0 aromatic heterocycles. The number of β-amino-alcohol motifs (C(OH)–C–C–N with tert-alkyl or cyclic N) is 1. The fraction of sp³-hybridized carbons (Fsp3) is 0.370. The number of nitrogens with zero attached hydrogens (tertiary/aromatic N) is 2. The molecule has 2 aliphatic rings. The number of benzene rings is 2. The van der Waals surface area contributed by atoms with Crippen molar-refractivity contribution in [3.8, 4) is 5.75 Å². The van der Waals surface area contributed by atoms with Gasteiger partial charge in [0.2, 0.25) is 5.91 Å². The summed E-state index contributed by atoms with van der Waals surface area (Å²) in [6.45, 7) is 3.91. The molecule has 2 aromatic carbocycles. The molecule has 1 atom stereocenters. The van der Waals surface area contributed by atoms with Crippen molar-refractivity contribution in [2.24, 2.45) is 0 Å². The molecule has 0 bridgehead atoms. The number of aliphatic hydroxyl groups excluding tert-OH is 1. The Kier molecular flexibility index (Phi) is 7.92. The molecule has 6 heteroatoms. The molecule has 2 heterocycles. The molecule has 174 valence electrons. The van der Waals surface area contributed by atoms with Crippen molar-refractivity contribution in [1.29, 1.82) is 0 Å². The number of likely N-dealkylation sites (tertiary alicyclic amines) is 1. The third kappa shape index (κ3) is 6.53. The summed E-state index contributed by atoms with van der Waals surface area (Å²) in [7, 11) is 0. The highest BCUT2D eigenvalue weighted by Gasteiger charge is 2.18. The van der Waals surface area contributed by atoms with Gasteiger partial charge < -0.3 is 14.7 Å². The van der Waals surface area contributed by atoms with E-state index in [0.29, 0.717) is 12.3 Å². The van der Waals surface area contributed by atoms with Gasteiger partial charge in [-0.1, -0.05) is 36.4 Å². The first kappa shape index (κ1) is 23.2. The molecule has 0 radical (unpaired) electrons. The van der Waals surface area contributed by atoms with Crippen LogP contribution in [0.1, 0.15) is 30.4 Å². The first-order chi connectivity index (χ1) is 16.1. The number of aliphatic hydroxyl groups is 1. The summed E-state index contributed by atoms with van der Waals surface area (Å²) < 4.78 is 19.0. The third-order valence-electron chi connectivity index (χ3n) is 6.15. The van der Waals surface area contributed by atoms with Gasteiger partial charge >= 0.3 is 0 Å². The topological polar surface area (TPSA) is 53.0 Å². The van der Waals surface area contributed by atoms with Crippen LogP contribution in [0, 0.1) is 5.82 Å². The van der Waals surface area contributed by atoms with Crippen molar-refractivity contribution in [1.82, 2.24) is 9.80 Å². The van der Waals surface area contributed by atoms with Crippen LogP contribution in [0.3, 0.4) is 0 Å². The average molecular weight is 451 g/mol. The van der Waals surface area contributed by atoms with Crippen LogP contribution < -0.4 is 4.74 Å². The Morgan fingerprint density at radius 1 is 1.09 bits per heavy atom. The van der Waals surface area contributed by atoms with Crippen LogP contribution in [0.15, 0.2) is 60.7 Å². The molecular formula is C27H31FN2O3. The van der Waals surface area contributed by atoms with Crippen molar-refractivity contribution in [3.63, 3.8) is 0 Å². The molecule has 4 rings (SSSR count). The van der Waals surface area contributed by atoms with Gasteiger partial charge in [-0.3, -0.25) is 9.69 Å². The van der Waals surface area contributed by atoms with Gasteiger partial charge in [0.25, 0.3) is 0 Å². The first-order valence-electron chi connectivity index (χ1n) is 11.6. The van der Waals surface area contributed by atoms with Crippen LogP contribution in [0.4, 0.5) is 4.39 Å². The number of hydrogen-bond donors (Lipinski definition) is 1. The minimum Gasteiger partial charge on any atom is -0.490 e. The maximum Gasteiger partial charge on any atom is 0.246 e. The predicted molar refractivity (Wildman–Crippen MR) is 128 cm³/mol. The van der Waals surface area contributed by atoms with Gasteiger partial charge in [0.15, 0.2) is 0 Å². The number of halogens is 1. The molecular weight excluding hydrogens is 419 g/mol. The molecule has 1 unspecified atom stereocenters. The minimum atomic E-state index is -0.631. The highest BCUT2D eigenvalue weighted by atomic mass is 19.1. The van der Waals surface area contributed by atoms with Gasteiger partial charge in [-0.05, 0) is 54.7 Å². The number of carbonyl (C=O) groups is 1. The monoisotopic (exact) mass is 450 g/mol. The number of para-hydroxylation sites is 1. The lowest BCUT2D eigenvalue weighted by atomic mass is 9.99. The van der Waals surface area contributed by atoms with Crippen LogP contribution in [0.5, 0.6) is 5.75 Å². The SMILES string of the molecule is O=C(C=Cc1ccccc1OCC(O)CN1CC=C(c2ccc(F)cc2)CC1)N1CCCC1. The van der Waals surface area contributed by atoms with E-state index >= 15 is 0 Å². The number of rotatable bonds is 8. The highest BCUT2D eigenvalue weighted by molar-refractivity contribution is 5.92. The lowest BCUT2D eigenvalue weighted by molar-refractivity contribution is -0.124. The van der Waals surface area contributed by atoms with Gasteiger partial charge in [0, 0.05) is 44.4 Å². The molecule has 0 saturated carbocycles. The van der Waals surface area contributed by atoms with E-state index in [4.69, 9.17) is 4.74 Å². The molecule has 2 aromatic rings. The summed E-state index contributed by atoms with van der Waals surface area (Å²) in [4.78, 5) is 16.3. The predicted octanol–water partition coefficient (Wildman–Crippen LogP) is 3.99. The van der Waals surface area contributed by atoms with Gasteiger partial charge in [-0.2, -0.15) is 0 Å². The Balaban J connectivity index is 1.27. The van der Waals surface area contributed by atoms with Crippen LogP contribution in [-0.2, 0) is 4.79 Å². The van der Waals surface area contributed by atoms with Gasteiger partial charge in [-0.25, -0.2) is 4.39 Å². The number of ether oxygens (including phenoxy) is 1. The molecule has 0 spiro atoms. The lowest BCUT2D eigenvalue weighted by Gasteiger charge is -2.28. The van der Waals surface area contributed by atoms with Gasteiger partial charge in [0.05, 0.1) is 0 Å². The van der Waals surface area contributed by atoms with Crippen molar-refractivity contribution >= 4 is 17.6 Å². The zero-order valence-electron chi connectivity index (χ0n) is 18.8. The maximum atomic E-state index is 13.1. The van der Waals surface area contributed by atoms with Crippen molar-refractivity contribution < 1.29 is 19.0 Å². The van der Waals surface area contributed by atoms with Gasteiger partial charge in [-0.15, -0.1) is 0 Å². The lowest BCUT2D eigenvalue weighted by Crippen LogP contribution is -2.38. The Hall–Kier alpha value is -2.96. The van der Waals surface area contributed by atoms with E-state index in [1.54, 1.807) is 12.2 Å². The van der Waals surface area contributed by atoms with Crippen LogP contribution >= 0.6 is 0 Å². The average Bonchev–Trinajstić information content (AvgIpc) is 3.38. The van der Waals surface area contributed by atoms with Crippen molar-refractivity contribution in [2.45, 2.75) is 25.4 Å². The van der Waals surface area contributed by atoms with Crippen molar-refractivity contribution in [3.05, 3.63) is 77.6 Å². The fourth-order valence-electron chi connectivity index (χ4n) is 4.29. The standard InChI is InChI=1S/C27H31FN2O3/c28-24-10-7-21(8-11-24)22-13-17-29(18-14-22)19-25(31)20-33-26-6-2-1-5-23(26)9-12-27(32)30-15-3-4-16-30/h1-2,5-13,25,31H,3-4,14-20H2. The van der Waals surface area contributed by atoms with Crippen LogP contribution in [0.2, 0.25) is 0 Å². The second kappa shape index (κ2) is 11.3. The van der Waals surface area contributed by atoms with E-state index in [0.717, 1.165) is 56.6 Å².